The third-order valence-corrected chi connectivity index (χ3v) is 1.56. The van der Waals surface area contributed by atoms with Crippen molar-refractivity contribution < 1.29 is 29.7 Å². The molecule has 0 spiro atoms. The topological polar surface area (TPSA) is 138 Å². The minimum atomic E-state index is -1.26. The van der Waals surface area contributed by atoms with Crippen molar-refractivity contribution in [3.8, 4) is 0 Å². The number of benzene rings is 1. The summed E-state index contributed by atoms with van der Waals surface area (Å²) in [6, 6.07) is 6.36. The summed E-state index contributed by atoms with van der Waals surface area (Å²) < 4.78 is 0. The molecule has 5 N–H and O–H groups in total. The first-order chi connectivity index (χ1) is 8.34. The van der Waals surface area contributed by atoms with Crippen molar-refractivity contribution in [1.29, 1.82) is 0 Å². The molecule has 18 heavy (non-hydrogen) atoms. The zero-order valence-electron chi connectivity index (χ0n) is 9.11. The van der Waals surface area contributed by atoms with E-state index in [4.69, 9.17) is 21.1 Å². The summed E-state index contributed by atoms with van der Waals surface area (Å²) in [6.07, 6.45) is 1.12. The molecule has 1 aromatic carbocycles. The Hall–Kier alpha value is -2.83. The van der Waals surface area contributed by atoms with Gasteiger partial charge in [-0.1, -0.05) is 12.1 Å². The second kappa shape index (κ2) is 7.44. The second-order valence-electron chi connectivity index (χ2n) is 2.90. The highest BCUT2D eigenvalue weighted by Gasteiger charge is 2.03. The summed E-state index contributed by atoms with van der Waals surface area (Å²) in [4.78, 5) is 29.4. The molecule has 1 rings (SSSR count). The van der Waals surface area contributed by atoms with Crippen LogP contribution in [-0.2, 0) is 9.59 Å². The van der Waals surface area contributed by atoms with E-state index in [2.05, 4.69) is 0 Å². The van der Waals surface area contributed by atoms with Gasteiger partial charge < -0.3 is 21.1 Å². The summed E-state index contributed by atoms with van der Waals surface area (Å²) in [7, 11) is 0. The van der Waals surface area contributed by atoms with E-state index in [1.807, 2.05) is 0 Å². The van der Waals surface area contributed by atoms with E-state index in [0.29, 0.717) is 17.8 Å². The quantitative estimate of drug-likeness (QED) is 0.459. The van der Waals surface area contributed by atoms with E-state index < -0.39 is 17.9 Å². The Balaban J connectivity index is 0.000000331. The van der Waals surface area contributed by atoms with Crippen LogP contribution in [0.5, 0.6) is 0 Å². The summed E-state index contributed by atoms with van der Waals surface area (Å²) in [5, 5.41) is 24.1. The van der Waals surface area contributed by atoms with Crippen molar-refractivity contribution in [1.82, 2.24) is 0 Å². The number of carboxylic acids is 3. The minimum Gasteiger partial charge on any atom is -0.478 e. The van der Waals surface area contributed by atoms with E-state index in [0.717, 1.165) is 0 Å². The zero-order valence-corrected chi connectivity index (χ0v) is 9.11. The third-order valence-electron chi connectivity index (χ3n) is 1.56. The van der Waals surface area contributed by atoms with Gasteiger partial charge in [0.05, 0.1) is 5.56 Å². The number of anilines is 1. The average Bonchev–Trinajstić information content (AvgIpc) is 2.27. The first-order valence-electron chi connectivity index (χ1n) is 4.56. The number of carbonyl (C=O) groups is 3. The third kappa shape index (κ3) is 6.62. The number of nitrogen functional groups attached to an aromatic ring is 1. The van der Waals surface area contributed by atoms with Gasteiger partial charge in [0.2, 0.25) is 0 Å². The predicted molar refractivity (Wildman–Crippen MR) is 62.2 cm³/mol. The largest absolute Gasteiger partial charge is 0.478 e. The minimum absolute atomic E-state index is 0.155. The van der Waals surface area contributed by atoms with Crippen LogP contribution < -0.4 is 5.73 Å². The molecule has 0 aromatic heterocycles. The maximum Gasteiger partial charge on any atom is 0.337 e. The fourth-order valence-corrected chi connectivity index (χ4v) is 0.834. The highest BCUT2D eigenvalue weighted by molar-refractivity contribution is 5.93. The molecule has 0 aliphatic heterocycles. The van der Waals surface area contributed by atoms with Crippen LogP contribution in [0.15, 0.2) is 36.4 Å². The molecule has 0 aliphatic carbocycles. The average molecular weight is 253 g/mol. The Morgan fingerprint density at radius 2 is 1.39 bits per heavy atom. The summed E-state index contributed by atoms with van der Waals surface area (Å²) >= 11 is 0. The molecule has 0 amide bonds. The van der Waals surface area contributed by atoms with E-state index >= 15 is 0 Å². The number of hydrogen-bond acceptors (Lipinski definition) is 4. The highest BCUT2D eigenvalue weighted by atomic mass is 16.4. The lowest BCUT2D eigenvalue weighted by atomic mass is 10.2. The van der Waals surface area contributed by atoms with Gasteiger partial charge in [-0.15, -0.1) is 0 Å². The van der Waals surface area contributed by atoms with Gasteiger partial charge in [-0.2, -0.15) is 0 Å². The number of aromatic carboxylic acids is 1. The maximum atomic E-state index is 10.3. The number of nitrogens with two attached hydrogens (primary N) is 1. The summed E-state index contributed by atoms with van der Waals surface area (Å²) in [5.41, 5.74) is 5.80. The Kier molecular flexibility index (Phi) is 6.27. The molecule has 1 aromatic rings. The lowest BCUT2D eigenvalue weighted by molar-refractivity contribution is -0.134. The van der Waals surface area contributed by atoms with Crippen LogP contribution in [0.25, 0.3) is 0 Å². The van der Waals surface area contributed by atoms with E-state index in [9.17, 15) is 14.4 Å². The second-order valence-corrected chi connectivity index (χ2v) is 2.90. The van der Waals surface area contributed by atoms with Crippen LogP contribution in [0.1, 0.15) is 10.4 Å². The molecular formula is C11H11NO6. The van der Waals surface area contributed by atoms with E-state index in [1.165, 1.54) is 6.07 Å². The molecule has 0 saturated carbocycles. The van der Waals surface area contributed by atoms with Gasteiger partial charge in [-0.05, 0) is 12.1 Å². The number of carboxylic acid groups (broad SMARTS) is 3. The summed E-state index contributed by atoms with van der Waals surface area (Å²) in [5.74, 6) is -3.50. The first kappa shape index (κ1) is 15.2. The van der Waals surface area contributed by atoms with Gasteiger partial charge in [0.1, 0.15) is 0 Å². The lowest BCUT2D eigenvalue weighted by Crippen LogP contribution is -2.00. The van der Waals surface area contributed by atoms with Crippen LogP contribution in [0, 0.1) is 0 Å². The van der Waals surface area contributed by atoms with Gasteiger partial charge in [-0.25, -0.2) is 14.4 Å². The molecule has 0 saturated heterocycles. The first-order valence-corrected chi connectivity index (χ1v) is 4.56. The fourth-order valence-electron chi connectivity index (χ4n) is 0.834. The zero-order chi connectivity index (χ0) is 14.1. The van der Waals surface area contributed by atoms with Crippen molar-refractivity contribution >= 4 is 23.6 Å². The van der Waals surface area contributed by atoms with Crippen molar-refractivity contribution in [2.45, 2.75) is 0 Å². The van der Waals surface area contributed by atoms with Crippen molar-refractivity contribution in [3.05, 3.63) is 42.0 Å². The smallest absolute Gasteiger partial charge is 0.337 e. The molecule has 7 nitrogen and oxygen atoms in total. The lowest BCUT2D eigenvalue weighted by Gasteiger charge is -1.96. The summed E-state index contributed by atoms with van der Waals surface area (Å²) in [6.45, 7) is 0. The van der Waals surface area contributed by atoms with Crippen LogP contribution in [0.4, 0.5) is 5.69 Å². The van der Waals surface area contributed by atoms with E-state index in [1.54, 1.807) is 18.2 Å². The maximum absolute atomic E-state index is 10.3. The number of hydrogen-bond donors (Lipinski definition) is 4. The molecule has 0 atom stereocenters. The molecule has 0 fully saturated rings. The molecule has 0 aliphatic rings. The Morgan fingerprint density at radius 3 is 1.67 bits per heavy atom. The number of rotatable bonds is 3. The van der Waals surface area contributed by atoms with Crippen LogP contribution in [0.3, 0.4) is 0 Å². The molecule has 7 heteroatoms. The Bertz CT molecular complexity index is 464. The van der Waals surface area contributed by atoms with Crippen molar-refractivity contribution in [2.75, 3.05) is 5.73 Å². The van der Waals surface area contributed by atoms with Gasteiger partial charge in [0, 0.05) is 17.8 Å². The molecular weight excluding hydrogens is 242 g/mol. The van der Waals surface area contributed by atoms with Crippen molar-refractivity contribution in [2.24, 2.45) is 0 Å². The molecule has 0 heterocycles. The van der Waals surface area contributed by atoms with Crippen LogP contribution in [-0.4, -0.2) is 33.2 Å². The normalized spacial score (nSPS) is 9.33. The molecule has 96 valence electrons. The van der Waals surface area contributed by atoms with E-state index in [-0.39, 0.29) is 5.56 Å². The SMILES string of the molecule is Nc1ccccc1C(=O)O.O=C(O)/C=C/C(=O)O. The van der Waals surface area contributed by atoms with Crippen LogP contribution >= 0.6 is 0 Å². The number of para-hydroxylation sites is 1. The van der Waals surface area contributed by atoms with Crippen molar-refractivity contribution in [3.63, 3.8) is 0 Å². The van der Waals surface area contributed by atoms with Gasteiger partial charge in [0.25, 0.3) is 0 Å². The molecule has 0 radical (unpaired) electrons. The van der Waals surface area contributed by atoms with Gasteiger partial charge in [-0.3, -0.25) is 0 Å². The standard InChI is InChI=1S/C7H7NO2.C4H4O4/c8-6-4-2-1-3-5(6)7(9)10;5-3(6)1-2-4(7)8/h1-4H,8H2,(H,9,10);1-2H,(H,5,6)(H,7,8)/b;2-1+. The fraction of sp³-hybridized carbons (Fsp3) is 0. The Labute approximate surface area is 102 Å². The molecule has 0 bridgehead atoms. The predicted octanol–water partition coefficient (Wildman–Crippen LogP) is 0.679. The monoisotopic (exact) mass is 253 g/mol. The Morgan fingerprint density at radius 1 is 0.944 bits per heavy atom. The number of aliphatic carboxylic acids is 2. The van der Waals surface area contributed by atoms with Gasteiger partial charge >= 0.3 is 17.9 Å². The van der Waals surface area contributed by atoms with Gasteiger partial charge in [0.15, 0.2) is 0 Å². The van der Waals surface area contributed by atoms with Crippen LogP contribution in [0.2, 0.25) is 0 Å². The molecule has 0 unspecified atom stereocenters. The highest BCUT2D eigenvalue weighted by Crippen LogP contribution is 2.08.